The SMILES string of the molecule is C=C/C=C(\C=C)c1oc(-c2ccccc2)nc1C=Nc1c(C(C)C)cccc1C(C)C. The van der Waals surface area contributed by atoms with E-state index in [1.807, 2.05) is 36.4 Å². The van der Waals surface area contributed by atoms with Crippen molar-refractivity contribution in [2.24, 2.45) is 4.99 Å². The molecule has 0 saturated heterocycles. The van der Waals surface area contributed by atoms with Crippen LogP contribution in [0.2, 0.25) is 0 Å². The lowest BCUT2D eigenvalue weighted by molar-refractivity contribution is 0.561. The Bertz CT molecular complexity index is 1090. The zero-order valence-corrected chi connectivity index (χ0v) is 18.8. The summed E-state index contributed by atoms with van der Waals surface area (Å²) < 4.78 is 6.16. The number of hydrogen-bond donors (Lipinski definition) is 0. The number of oxazole rings is 1. The topological polar surface area (TPSA) is 38.4 Å². The van der Waals surface area contributed by atoms with Gasteiger partial charge in [0.2, 0.25) is 5.89 Å². The summed E-state index contributed by atoms with van der Waals surface area (Å²) in [5, 5.41) is 0. The van der Waals surface area contributed by atoms with Gasteiger partial charge in [-0.1, -0.05) is 95.5 Å². The van der Waals surface area contributed by atoms with Crippen LogP contribution < -0.4 is 0 Å². The maximum atomic E-state index is 6.16. The van der Waals surface area contributed by atoms with Gasteiger partial charge < -0.3 is 4.42 Å². The lowest BCUT2D eigenvalue weighted by atomic mass is 9.93. The van der Waals surface area contributed by atoms with Crippen LogP contribution in [0.4, 0.5) is 5.69 Å². The van der Waals surface area contributed by atoms with E-state index < -0.39 is 0 Å². The largest absolute Gasteiger partial charge is 0.435 e. The minimum atomic E-state index is 0.368. The maximum Gasteiger partial charge on any atom is 0.227 e. The van der Waals surface area contributed by atoms with Crippen LogP contribution in [0.1, 0.15) is 62.1 Å². The highest BCUT2D eigenvalue weighted by atomic mass is 16.4. The lowest BCUT2D eigenvalue weighted by Crippen LogP contribution is -1.96. The van der Waals surface area contributed by atoms with Crippen molar-refractivity contribution in [3.05, 3.63) is 102 Å². The molecule has 0 bridgehead atoms. The van der Waals surface area contributed by atoms with Crippen LogP contribution in [0.5, 0.6) is 0 Å². The normalized spacial score (nSPS) is 12.1. The Kier molecular flexibility index (Phi) is 7.19. The van der Waals surface area contributed by atoms with Crippen LogP contribution in [0.15, 0.2) is 89.3 Å². The first kappa shape index (κ1) is 22.2. The summed E-state index contributed by atoms with van der Waals surface area (Å²) >= 11 is 0. The Labute approximate surface area is 185 Å². The number of benzene rings is 2. The first-order valence-electron chi connectivity index (χ1n) is 10.6. The van der Waals surface area contributed by atoms with E-state index in [0.717, 1.165) is 16.8 Å². The van der Waals surface area contributed by atoms with Crippen molar-refractivity contribution in [3.63, 3.8) is 0 Å². The van der Waals surface area contributed by atoms with Crippen LogP contribution in [0.3, 0.4) is 0 Å². The molecule has 0 saturated carbocycles. The van der Waals surface area contributed by atoms with Gasteiger partial charge >= 0.3 is 0 Å². The molecular weight excluding hydrogens is 380 g/mol. The van der Waals surface area contributed by atoms with Gasteiger partial charge in [0.25, 0.3) is 0 Å². The van der Waals surface area contributed by atoms with Gasteiger partial charge in [-0.15, -0.1) is 0 Å². The van der Waals surface area contributed by atoms with Crippen LogP contribution >= 0.6 is 0 Å². The number of aliphatic imine (C=N–C) groups is 1. The molecule has 0 fully saturated rings. The first-order chi connectivity index (χ1) is 15.0. The quantitative estimate of drug-likeness (QED) is 0.278. The van der Waals surface area contributed by atoms with Crippen LogP contribution in [0, 0.1) is 0 Å². The van der Waals surface area contributed by atoms with E-state index >= 15 is 0 Å². The van der Waals surface area contributed by atoms with Crippen molar-refractivity contribution >= 4 is 17.5 Å². The molecule has 3 heteroatoms. The van der Waals surface area contributed by atoms with E-state index in [4.69, 9.17) is 14.4 Å². The minimum Gasteiger partial charge on any atom is -0.435 e. The van der Waals surface area contributed by atoms with Gasteiger partial charge in [-0.05, 0) is 35.1 Å². The minimum absolute atomic E-state index is 0.368. The molecule has 3 aromatic rings. The fourth-order valence-corrected chi connectivity index (χ4v) is 3.48. The summed E-state index contributed by atoms with van der Waals surface area (Å²) in [7, 11) is 0. The van der Waals surface area contributed by atoms with Crippen LogP contribution in [0.25, 0.3) is 17.0 Å². The van der Waals surface area contributed by atoms with Gasteiger partial charge in [0.05, 0.1) is 11.9 Å². The number of nitrogens with zero attached hydrogens (tertiary/aromatic N) is 2. The van der Waals surface area contributed by atoms with Gasteiger partial charge in [0.1, 0.15) is 5.69 Å². The molecule has 0 amide bonds. The molecule has 158 valence electrons. The summed E-state index contributed by atoms with van der Waals surface area (Å²) in [5.74, 6) is 1.92. The molecule has 0 N–H and O–H groups in total. The molecular formula is C28H30N2O. The zero-order valence-electron chi connectivity index (χ0n) is 18.8. The molecule has 1 aromatic heterocycles. The van der Waals surface area contributed by atoms with Crippen LogP contribution in [-0.4, -0.2) is 11.2 Å². The molecule has 1 heterocycles. The fourth-order valence-electron chi connectivity index (χ4n) is 3.48. The Balaban J connectivity index is 2.16. The first-order valence-corrected chi connectivity index (χ1v) is 10.6. The van der Waals surface area contributed by atoms with E-state index in [-0.39, 0.29) is 0 Å². The van der Waals surface area contributed by atoms with Crippen molar-refractivity contribution in [1.82, 2.24) is 4.98 Å². The number of allylic oxidation sites excluding steroid dienone is 4. The van der Waals surface area contributed by atoms with Gasteiger partial charge in [0, 0.05) is 11.1 Å². The monoisotopic (exact) mass is 410 g/mol. The molecule has 0 radical (unpaired) electrons. The molecule has 3 nitrogen and oxygen atoms in total. The zero-order chi connectivity index (χ0) is 22.4. The summed E-state index contributed by atoms with van der Waals surface area (Å²) in [4.78, 5) is 9.69. The predicted octanol–water partition coefficient (Wildman–Crippen LogP) is 8.09. The molecule has 0 aliphatic rings. The van der Waals surface area contributed by atoms with Crippen molar-refractivity contribution in [1.29, 1.82) is 0 Å². The van der Waals surface area contributed by atoms with Crippen molar-refractivity contribution in [3.8, 4) is 11.5 Å². The van der Waals surface area contributed by atoms with E-state index in [1.165, 1.54) is 11.1 Å². The molecule has 3 rings (SSSR count). The van der Waals surface area contributed by atoms with Gasteiger partial charge in [-0.25, -0.2) is 4.98 Å². The van der Waals surface area contributed by atoms with Crippen molar-refractivity contribution in [2.75, 3.05) is 0 Å². The Hall–Kier alpha value is -3.46. The highest BCUT2D eigenvalue weighted by Crippen LogP contribution is 2.35. The second-order valence-corrected chi connectivity index (χ2v) is 8.01. The predicted molar refractivity (Wildman–Crippen MR) is 132 cm³/mol. The Morgan fingerprint density at radius 3 is 2.13 bits per heavy atom. The van der Waals surface area contributed by atoms with Gasteiger partial charge in [-0.2, -0.15) is 0 Å². The van der Waals surface area contributed by atoms with Crippen molar-refractivity contribution < 1.29 is 4.42 Å². The number of hydrogen-bond acceptors (Lipinski definition) is 3. The molecule has 31 heavy (non-hydrogen) atoms. The lowest BCUT2D eigenvalue weighted by Gasteiger charge is -2.16. The number of para-hydroxylation sites is 1. The van der Waals surface area contributed by atoms with E-state index in [2.05, 4.69) is 59.1 Å². The van der Waals surface area contributed by atoms with Gasteiger partial charge in [-0.3, -0.25) is 4.99 Å². The van der Waals surface area contributed by atoms with E-state index in [9.17, 15) is 0 Å². The third-order valence-electron chi connectivity index (χ3n) is 5.11. The molecule has 0 spiro atoms. The Morgan fingerprint density at radius 1 is 0.935 bits per heavy atom. The Morgan fingerprint density at radius 2 is 1.58 bits per heavy atom. The summed E-state index contributed by atoms with van der Waals surface area (Å²) in [6.07, 6.45) is 7.13. The van der Waals surface area contributed by atoms with E-state index in [0.29, 0.717) is 29.2 Å². The average molecular weight is 411 g/mol. The fraction of sp³-hybridized carbons (Fsp3) is 0.214. The molecule has 0 aliphatic carbocycles. The van der Waals surface area contributed by atoms with Gasteiger partial charge in [0.15, 0.2) is 5.76 Å². The third-order valence-corrected chi connectivity index (χ3v) is 5.11. The maximum absolute atomic E-state index is 6.16. The van der Waals surface area contributed by atoms with E-state index in [1.54, 1.807) is 18.4 Å². The average Bonchev–Trinajstić information content (AvgIpc) is 3.20. The third kappa shape index (κ3) is 5.00. The van der Waals surface area contributed by atoms with Crippen LogP contribution in [-0.2, 0) is 0 Å². The summed E-state index contributed by atoms with van der Waals surface area (Å²) in [6, 6.07) is 16.3. The molecule has 0 aliphatic heterocycles. The molecule has 2 aromatic carbocycles. The standard InChI is InChI=1S/C28H30N2O/c1-7-13-21(8-2)27-25(30-28(31-27)22-14-10-9-11-15-22)18-29-26-23(19(3)4)16-12-17-24(26)20(5)6/h7-20H,1-2H2,3-6H3/b21-13+,29-18?. The second kappa shape index (κ2) is 10.0. The molecule has 0 unspecified atom stereocenters. The van der Waals surface area contributed by atoms with Crippen molar-refractivity contribution in [2.45, 2.75) is 39.5 Å². The summed E-state index contributed by atoms with van der Waals surface area (Å²) in [5.41, 5.74) is 5.85. The molecule has 0 atom stereocenters. The number of aromatic nitrogens is 1. The number of rotatable bonds is 8. The smallest absolute Gasteiger partial charge is 0.227 e. The summed E-state index contributed by atoms with van der Waals surface area (Å²) in [6.45, 7) is 16.5. The highest BCUT2D eigenvalue weighted by molar-refractivity contribution is 5.89. The highest BCUT2D eigenvalue weighted by Gasteiger charge is 2.17. The second-order valence-electron chi connectivity index (χ2n) is 8.01.